The Kier molecular flexibility index (Phi) is 4.18. The number of aromatic amines is 1. The molecule has 1 aliphatic rings. The van der Waals surface area contributed by atoms with Gasteiger partial charge in [0.2, 0.25) is 0 Å². The lowest BCUT2D eigenvalue weighted by Gasteiger charge is -1.99. The van der Waals surface area contributed by atoms with Crippen molar-refractivity contribution in [3.8, 4) is 17.5 Å². The summed E-state index contributed by atoms with van der Waals surface area (Å²) in [5, 5.41) is 12.3. The summed E-state index contributed by atoms with van der Waals surface area (Å²) in [7, 11) is 0. The number of aryl methyl sites for hydroxylation is 1. The molecule has 0 atom stereocenters. The summed E-state index contributed by atoms with van der Waals surface area (Å²) in [6.07, 6.45) is 4.34. The molecule has 3 rings (SSSR count). The van der Waals surface area contributed by atoms with Crippen LogP contribution in [-0.2, 0) is 0 Å². The molecule has 118 valence electrons. The van der Waals surface area contributed by atoms with Crippen molar-refractivity contribution in [1.29, 1.82) is 5.26 Å². The summed E-state index contributed by atoms with van der Waals surface area (Å²) in [5.74, 6) is 0.0590. The standard InChI is InChI=1S/C18H19N3OS/c1-10-16(12(3)22)11(2)20-17(10)15-9-23-18(21-15)14(8-19)13-6-4-5-7-13/h9,20H,4-7H2,1-3H3. The van der Waals surface area contributed by atoms with E-state index in [0.717, 1.165) is 64.5 Å². The first-order chi connectivity index (χ1) is 11.0. The van der Waals surface area contributed by atoms with Crippen LogP contribution in [0.4, 0.5) is 0 Å². The zero-order valence-corrected chi connectivity index (χ0v) is 14.4. The van der Waals surface area contributed by atoms with Crippen LogP contribution in [0.3, 0.4) is 0 Å². The van der Waals surface area contributed by atoms with E-state index in [0.29, 0.717) is 0 Å². The number of hydrogen-bond donors (Lipinski definition) is 1. The molecular weight excluding hydrogens is 306 g/mol. The van der Waals surface area contributed by atoms with Crippen LogP contribution >= 0.6 is 11.3 Å². The minimum absolute atomic E-state index is 0.0590. The monoisotopic (exact) mass is 325 g/mol. The van der Waals surface area contributed by atoms with Crippen molar-refractivity contribution in [2.45, 2.75) is 46.5 Å². The van der Waals surface area contributed by atoms with Crippen LogP contribution in [0.2, 0.25) is 0 Å². The molecule has 1 aliphatic carbocycles. The molecular formula is C18H19N3OS. The molecule has 2 aromatic heterocycles. The second-order valence-electron chi connectivity index (χ2n) is 6.02. The lowest BCUT2D eigenvalue weighted by molar-refractivity contribution is 0.101. The first-order valence-corrected chi connectivity index (χ1v) is 8.69. The second kappa shape index (κ2) is 6.13. The molecule has 1 saturated carbocycles. The van der Waals surface area contributed by atoms with Gasteiger partial charge in [-0.1, -0.05) is 0 Å². The molecule has 2 heterocycles. The van der Waals surface area contributed by atoms with E-state index in [1.165, 1.54) is 16.9 Å². The van der Waals surface area contributed by atoms with Crippen LogP contribution in [0.1, 0.15) is 59.2 Å². The van der Waals surface area contributed by atoms with Gasteiger partial charge in [-0.25, -0.2) is 4.98 Å². The fourth-order valence-electron chi connectivity index (χ4n) is 3.37. The lowest BCUT2D eigenvalue weighted by atomic mass is 10.1. The predicted octanol–water partition coefficient (Wildman–Crippen LogP) is 4.81. The number of rotatable bonds is 3. The predicted molar refractivity (Wildman–Crippen MR) is 92.4 cm³/mol. The Morgan fingerprint density at radius 3 is 2.61 bits per heavy atom. The van der Waals surface area contributed by atoms with E-state index in [-0.39, 0.29) is 5.78 Å². The molecule has 0 aromatic carbocycles. The number of nitrogens with one attached hydrogen (secondary N) is 1. The van der Waals surface area contributed by atoms with Crippen molar-refractivity contribution < 1.29 is 4.79 Å². The molecule has 0 radical (unpaired) electrons. The number of ketones is 1. The lowest BCUT2D eigenvalue weighted by Crippen LogP contribution is -1.94. The minimum atomic E-state index is 0.0590. The highest BCUT2D eigenvalue weighted by Gasteiger charge is 2.20. The summed E-state index contributed by atoms with van der Waals surface area (Å²) in [4.78, 5) is 19.7. The summed E-state index contributed by atoms with van der Waals surface area (Å²) in [6, 6.07) is 2.34. The first-order valence-electron chi connectivity index (χ1n) is 7.81. The third kappa shape index (κ3) is 2.75. The topological polar surface area (TPSA) is 69.5 Å². The number of nitrogens with zero attached hydrogens (tertiary/aromatic N) is 2. The molecule has 0 amide bonds. The Labute approximate surface area is 139 Å². The molecule has 0 saturated heterocycles. The molecule has 2 aromatic rings. The fourth-order valence-corrected chi connectivity index (χ4v) is 4.22. The van der Waals surface area contributed by atoms with Crippen molar-refractivity contribution in [3.05, 3.63) is 32.8 Å². The number of carbonyl (C=O) groups is 1. The highest BCUT2D eigenvalue weighted by molar-refractivity contribution is 7.11. The van der Waals surface area contributed by atoms with Crippen LogP contribution in [-0.4, -0.2) is 15.8 Å². The highest BCUT2D eigenvalue weighted by Crippen LogP contribution is 2.35. The van der Waals surface area contributed by atoms with Gasteiger partial charge in [0.25, 0.3) is 0 Å². The van der Waals surface area contributed by atoms with Crippen LogP contribution in [0.25, 0.3) is 17.0 Å². The number of aromatic nitrogens is 2. The van der Waals surface area contributed by atoms with Crippen molar-refractivity contribution >= 4 is 22.7 Å². The molecule has 5 heteroatoms. The van der Waals surface area contributed by atoms with Gasteiger partial charge >= 0.3 is 0 Å². The van der Waals surface area contributed by atoms with Crippen LogP contribution in [0.5, 0.6) is 0 Å². The number of H-pyrrole nitrogens is 1. The van der Waals surface area contributed by atoms with E-state index in [4.69, 9.17) is 0 Å². The average molecular weight is 325 g/mol. The van der Waals surface area contributed by atoms with E-state index < -0.39 is 0 Å². The molecule has 0 bridgehead atoms. The zero-order chi connectivity index (χ0) is 16.6. The van der Waals surface area contributed by atoms with Gasteiger partial charge in [0.1, 0.15) is 11.1 Å². The van der Waals surface area contributed by atoms with E-state index >= 15 is 0 Å². The smallest absolute Gasteiger partial charge is 0.161 e. The molecule has 1 fully saturated rings. The van der Waals surface area contributed by atoms with Crippen molar-refractivity contribution in [1.82, 2.24) is 9.97 Å². The Bertz CT molecular complexity index is 840. The minimum Gasteiger partial charge on any atom is -0.356 e. The SMILES string of the molecule is CC(=O)c1c(C)[nH]c(-c2csc(C(C#N)=C3CCCC3)n2)c1C. The van der Waals surface area contributed by atoms with Crippen LogP contribution in [0.15, 0.2) is 11.0 Å². The Balaban J connectivity index is 2.04. The van der Waals surface area contributed by atoms with Gasteiger partial charge in [0.15, 0.2) is 5.78 Å². The van der Waals surface area contributed by atoms with E-state index in [1.54, 1.807) is 6.92 Å². The number of hydrogen-bond acceptors (Lipinski definition) is 4. The van der Waals surface area contributed by atoms with Crippen molar-refractivity contribution in [3.63, 3.8) is 0 Å². The van der Waals surface area contributed by atoms with E-state index in [2.05, 4.69) is 16.0 Å². The van der Waals surface area contributed by atoms with Crippen molar-refractivity contribution in [2.75, 3.05) is 0 Å². The molecule has 0 spiro atoms. The average Bonchev–Trinajstić information content (AvgIpc) is 3.21. The van der Waals surface area contributed by atoms with Gasteiger partial charge in [0.05, 0.1) is 17.0 Å². The summed E-state index contributed by atoms with van der Waals surface area (Å²) >= 11 is 1.50. The van der Waals surface area contributed by atoms with Gasteiger partial charge in [-0.15, -0.1) is 11.3 Å². The van der Waals surface area contributed by atoms with Gasteiger partial charge in [-0.3, -0.25) is 4.79 Å². The Hall–Kier alpha value is -2.19. The zero-order valence-electron chi connectivity index (χ0n) is 13.6. The normalized spacial score (nSPS) is 14.1. The highest BCUT2D eigenvalue weighted by atomic mass is 32.1. The maximum atomic E-state index is 11.8. The van der Waals surface area contributed by atoms with Gasteiger partial charge in [-0.2, -0.15) is 5.26 Å². The first kappa shape index (κ1) is 15.7. The number of thiazole rings is 1. The van der Waals surface area contributed by atoms with Gasteiger partial charge in [0, 0.05) is 16.6 Å². The number of carbonyl (C=O) groups excluding carboxylic acids is 1. The molecule has 23 heavy (non-hydrogen) atoms. The second-order valence-corrected chi connectivity index (χ2v) is 6.87. The maximum Gasteiger partial charge on any atom is 0.161 e. The summed E-state index contributed by atoms with van der Waals surface area (Å²) < 4.78 is 0. The van der Waals surface area contributed by atoms with Gasteiger partial charge < -0.3 is 4.98 Å². The van der Waals surface area contributed by atoms with Crippen LogP contribution in [0, 0.1) is 25.2 Å². The molecule has 0 unspecified atom stereocenters. The van der Waals surface area contributed by atoms with Crippen molar-refractivity contribution in [2.24, 2.45) is 0 Å². The third-order valence-corrected chi connectivity index (χ3v) is 5.30. The van der Waals surface area contributed by atoms with Gasteiger partial charge in [-0.05, 0) is 57.6 Å². The molecule has 1 N–H and O–H groups in total. The van der Waals surface area contributed by atoms with E-state index in [1.807, 2.05) is 19.2 Å². The number of Topliss-reactive ketones (excluding diaryl/α,β-unsaturated/α-hetero) is 1. The Morgan fingerprint density at radius 1 is 1.35 bits per heavy atom. The maximum absolute atomic E-state index is 11.8. The quantitative estimate of drug-likeness (QED) is 0.650. The summed E-state index contributed by atoms with van der Waals surface area (Å²) in [6.45, 7) is 5.43. The summed E-state index contributed by atoms with van der Waals surface area (Å²) in [5.41, 5.74) is 6.20. The van der Waals surface area contributed by atoms with E-state index in [9.17, 15) is 10.1 Å². The largest absolute Gasteiger partial charge is 0.356 e. The number of allylic oxidation sites excluding steroid dienone is 2. The third-order valence-electron chi connectivity index (χ3n) is 4.44. The fraction of sp³-hybridized carbons (Fsp3) is 0.389. The molecule has 4 nitrogen and oxygen atoms in total. The Morgan fingerprint density at radius 2 is 2.04 bits per heavy atom. The van der Waals surface area contributed by atoms with Crippen LogP contribution < -0.4 is 0 Å². The molecule has 0 aliphatic heterocycles. The number of nitriles is 1.